The Labute approximate surface area is 67.4 Å². The normalized spacial score (nSPS) is 9.92. The first-order valence-corrected chi connectivity index (χ1v) is 3.24. The Balaban J connectivity index is 3.13. The van der Waals surface area contributed by atoms with E-state index in [1.165, 1.54) is 0 Å². The van der Waals surface area contributed by atoms with Crippen molar-refractivity contribution in [2.24, 2.45) is 0 Å². The molecule has 0 heterocycles. The van der Waals surface area contributed by atoms with E-state index in [1.807, 2.05) is 0 Å². The van der Waals surface area contributed by atoms with E-state index in [-0.39, 0.29) is 0 Å². The molecule has 0 saturated heterocycles. The Bertz CT molecular complexity index is 310. The van der Waals surface area contributed by atoms with Crippen LogP contribution in [-0.2, 0) is 0 Å². The summed E-state index contributed by atoms with van der Waals surface area (Å²) in [6.07, 6.45) is 0. The van der Waals surface area contributed by atoms with Crippen LogP contribution in [0.25, 0.3) is 0 Å². The second-order valence-electron chi connectivity index (χ2n) is 2.21. The molecule has 1 N–H and O–H groups in total. The van der Waals surface area contributed by atoms with Gasteiger partial charge in [-0.2, -0.15) is 0 Å². The van der Waals surface area contributed by atoms with Crippen molar-refractivity contribution in [3.05, 3.63) is 35.4 Å². The van der Waals surface area contributed by atoms with Gasteiger partial charge in [-0.1, -0.05) is 0 Å². The van der Waals surface area contributed by atoms with Gasteiger partial charge in [0.05, 0.1) is 5.56 Å². The van der Waals surface area contributed by atoms with Crippen molar-refractivity contribution in [2.45, 2.75) is 0 Å². The topological polar surface area (TPSA) is 37.3 Å². The first-order valence-electron chi connectivity index (χ1n) is 3.24. The fraction of sp³-hybridized carbons (Fsp3) is 0.125. The van der Waals surface area contributed by atoms with Crippen molar-refractivity contribution in [3.63, 3.8) is 0 Å². The zero-order valence-electron chi connectivity index (χ0n) is 6.05. The van der Waals surface area contributed by atoms with Crippen molar-refractivity contribution in [2.75, 3.05) is 6.61 Å². The van der Waals surface area contributed by atoms with Crippen LogP contribution in [0, 0.1) is 11.6 Å². The molecule has 0 bridgehead atoms. The fourth-order valence-corrected chi connectivity index (χ4v) is 0.796. The van der Waals surface area contributed by atoms with Crippen molar-refractivity contribution < 1.29 is 18.7 Å². The van der Waals surface area contributed by atoms with Crippen LogP contribution in [0.2, 0.25) is 0 Å². The average Bonchev–Trinajstić information content (AvgIpc) is 2.08. The smallest absolute Gasteiger partial charge is 0.191 e. The van der Waals surface area contributed by atoms with Gasteiger partial charge in [0.15, 0.2) is 5.78 Å². The highest BCUT2D eigenvalue weighted by atomic mass is 19.1. The van der Waals surface area contributed by atoms with Gasteiger partial charge in [-0.25, -0.2) is 8.78 Å². The molecule has 0 atom stereocenters. The van der Waals surface area contributed by atoms with Crippen LogP contribution in [0.4, 0.5) is 8.78 Å². The molecule has 0 radical (unpaired) electrons. The molecule has 0 aliphatic carbocycles. The molecule has 0 aliphatic heterocycles. The molecule has 4 heteroatoms. The zero-order chi connectivity index (χ0) is 9.14. The van der Waals surface area contributed by atoms with E-state index in [4.69, 9.17) is 5.11 Å². The zero-order valence-corrected chi connectivity index (χ0v) is 6.05. The number of aliphatic hydroxyl groups is 1. The highest BCUT2D eigenvalue weighted by molar-refractivity contribution is 5.97. The number of Topliss-reactive ketones (excluding diaryl/α,β-unsaturated/α-hetero) is 1. The molecule has 1 aromatic rings. The Morgan fingerprint density at radius 1 is 1.42 bits per heavy atom. The van der Waals surface area contributed by atoms with Crippen LogP contribution in [0.1, 0.15) is 10.4 Å². The molecule has 12 heavy (non-hydrogen) atoms. The van der Waals surface area contributed by atoms with Gasteiger partial charge in [-0.3, -0.25) is 4.79 Å². The van der Waals surface area contributed by atoms with Crippen LogP contribution in [0.5, 0.6) is 0 Å². The van der Waals surface area contributed by atoms with Gasteiger partial charge in [-0.15, -0.1) is 0 Å². The second-order valence-corrected chi connectivity index (χ2v) is 2.21. The Morgan fingerprint density at radius 3 is 2.67 bits per heavy atom. The first-order chi connectivity index (χ1) is 5.65. The second kappa shape index (κ2) is 3.40. The average molecular weight is 172 g/mol. The van der Waals surface area contributed by atoms with Crippen LogP contribution in [-0.4, -0.2) is 17.5 Å². The number of carbonyl (C=O) groups is 1. The quantitative estimate of drug-likeness (QED) is 0.679. The molecule has 2 nitrogen and oxygen atoms in total. The largest absolute Gasteiger partial charge is 0.388 e. The van der Waals surface area contributed by atoms with Crippen LogP contribution in [0.3, 0.4) is 0 Å². The molecular weight excluding hydrogens is 166 g/mol. The molecule has 0 aliphatic rings. The van der Waals surface area contributed by atoms with Crippen molar-refractivity contribution in [3.8, 4) is 0 Å². The maximum absolute atomic E-state index is 12.7. The summed E-state index contributed by atoms with van der Waals surface area (Å²) in [6, 6.07) is 2.51. The number of rotatable bonds is 2. The summed E-state index contributed by atoms with van der Waals surface area (Å²) in [5, 5.41) is 8.36. The van der Waals surface area contributed by atoms with Gasteiger partial charge in [0, 0.05) is 0 Å². The highest BCUT2D eigenvalue weighted by Gasteiger charge is 2.10. The number of hydrogen-bond donors (Lipinski definition) is 1. The molecule has 0 spiro atoms. The summed E-state index contributed by atoms with van der Waals surface area (Å²) in [4.78, 5) is 10.7. The van der Waals surface area contributed by atoms with Gasteiger partial charge in [-0.05, 0) is 18.2 Å². The van der Waals surface area contributed by atoms with Gasteiger partial charge >= 0.3 is 0 Å². The lowest BCUT2D eigenvalue weighted by molar-refractivity contribution is 0.0899. The van der Waals surface area contributed by atoms with E-state index in [0.29, 0.717) is 0 Å². The number of ketones is 1. The van der Waals surface area contributed by atoms with Gasteiger partial charge in [0.25, 0.3) is 0 Å². The number of hydrogen-bond acceptors (Lipinski definition) is 2. The van der Waals surface area contributed by atoms with Gasteiger partial charge in [0.2, 0.25) is 0 Å². The maximum atomic E-state index is 12.7. The van der Waals surface area contributed by atoms with Crippen LogP contribution in [0.15, 0.2) is 18.2 Å². The molecule has 1 aromatic carbocycles. The molecule has 0 unspecified atom stereocenters. The van der Waals surface area contributed by atoms with Crippen LogP contribution < -0.4 is 0 Å². The molecule has 0 fully saturated rings. The molecule has 0 saturated carbocycles. The Hall–Kier alpha value is -1.29. The summed E-state index contributed by atoms with van der Waals surface area (Å²) in [7, 11) is 0. The summed E-state index contributed by atoms with van der Waals surface area (Å²) in [6.45, 7) is -0.819. The first kappa shape index (κ1) is 8.80. The minimum absolute atomic E-state index is 0.419. The predicted octanol–water partition coefficient (Wildman–Crippen LogP) is 1.14. The number of carbonyl (C=O) groups excluding carboxylic acids is 1. The number of halogens is 2. The minimum Gasteiger partial charge on any atom is -0.388 e. The third-order valence-corrected chi connectivity index (χ3v) is 1.37. The predicted molar refractivity (Wildman–Crippen MR) is 37.8 cm³/mol. The summed E-state index contributed by atoms with van der Waals surface area (Å²) in [5.41, 5.74) is -0.419. The highest BCUT2D eigenvalue weighted by Crippen LogP contribution is 2.09. The fourth-order valence-electron chi connectivity index (χ4n) is 0.796. The van der Waals surface area contributed by atoms with Crippen molar-refractivity contribution >= 4 is 5.78 Å². The van der Waals surface area contributed by atoms with Gasteiger partial charge in [0.1, 0.15) is 18.2 Å². The minimum atomic E-state index is -0.827. The molecule has 0 amide bonds. The maximum Gasteiger partial charge on any atom is 0.191 e. The third kappa shape index (κ3) is 1.65. The number of benzene rings is 1. The Kier molecular flexibility index (Phi) is 2.50. The molecular formula is C8H6F2O2. The summed E-state index contributed by atoms with van der Waals surface area (Å²) >= 11 is 0. The van der Waals surface area contributed by atoms with E-state index in [9.17, 15) is 13.6 Å². The lowest BCUT2D eigenvalue weighted by Crippen LogP contribution is -2.07. The van der Waals surface area contributed by atoms with E-state index in [2.05, 4.69) is 0 Å². The van der Waals surface area contributed by atoms with E-state index in [0.717, 1.165) is 18.2 Å². The van der Waals surface area contributed by atoms with Crippen LogP contribution >= 0.6 is 0 Å². The van der Waals surface area contributed by atoms with E-state index in [1.54, 1.807) is 0 Å². The monoisotopic (exact) mass is 172 g/mol. The van der Waals surface area contributed by atoms with Gasteiger partial charge < -0.3 is 5.11 Å². The van der Waals surface area contributed by atoms with Crippen molar-refractivity contribution in [1.29, 1.82) is 0 Å². The Morgan fingerprint density at radius 2 is 2.08 bits per heavy atom. The lowest BCUT2D eigenvalue weighted by Gasteiger charge is -1.98. The van der Waals surface area contributed by atoms with E-state index < -0.39 is 29.6 Å². The van der Waals surface area contributed by atoms with E-state index >= 15 is 0 Å². The third-order valence-electron chi connectivity index (χ3n) is 1.37. The van der Waals surface area contributed by atoms with Crippen molar-refractivity contribution in [1.82, 2.24) is 0 Å². The number of aliphatic hydroxyl groups excluding tert-OH is 1. The molecule has 64 valence electrons. The summed E-state index contributed by atoms with van der Waals surface area (Å²) in [5.74, 6) is -2.35. The SMILES string of the molecule is O=C(CO)c1cc(F)ccc1F. The lowest BCUT2D eigenvalue weighted by atomic mass is 10.1. The molecule has 1 rings (SSSR count). The standard InChI is InChI=1S/C8H6F2O2/c9-5-1-2-7(10)6(3-5)8(12)4-11/h1-3,11H,4H2. The summed E-state index contributed by atoms with van der Waals surface area (Å²) < 4.78 is 25.2. The molecule has 0 aromatic heterocycles.